The summed E-state index contributed by atoms with van der Waals surface area (Å²) in [5.41, 5.74) is 1.67. The van der Waals surface area contributed by atoms with Gasteiger partial charge in [0.25, 0.3) is 0 Å². The van der Waals surface area contributed by atoms with Gasteiger partial charge in [-0.2, -0.15) is 0 Å². The highest BCUT2D eigenvalue weighted by Gasteiger charge is 2.49. The van der Waals surface area contributed by atoms with Crippen LogP contribution >= 0.6 is 11.6 Å². The number of unbranched alkanes of at least 4 members (excludes halogenated alkanes) is 1. The zero-order valence-corrected chi connectivity index (χ0v) is 64.9. The first-order valence-corrected chi connectivity index (χ1v) is 36.5. The van der Waals surface area contributed by atoms with E-state index >= 15 is 19.2 Å². The summed E-state index contributed by atoms with van der Waals surface area (Å²) in [6, 6.07) is -10.8. The lowest BCUT2D eigenvalue weighted by Crippen LogP contribution is -2.60. The number of piperidine rings is 1. The Labute approximate surface area is 613 Å². The molecule has 2 fully saturated rings. The molecule has 2 aliphatic rings. The summed E-state index contributed by atoms with van der Waals surface area (Å²) < 4.78 is 10.7. The first kappa shape index (κ1) is 89.2. The minimum Gasteiger partial charge on any atom is -0.393 e. The van der Waals surface area contributed by atoms with E-state index in [1.807, 2.05) is 48.5 Å². The minimum absolute atomic E-state index is 0.00535. The van der Waals surface area contributed by atoms with E-state index in [1.165, 1.54) is 97.3 Å². The van der Waals surface area contributed by atoms with E-state index in [0.717, 1.165) is 16.2 Å². The summed E-state index contributed by atoms with van der Waals surface area (Å²) in [7, 11) is 9.95. The molecular weight excluding hydrogens is 1350 g/mol. The van der Waals surface area contributed by atoms with Crippen molar-refractivity contribution in [1.82, 2.24) is 70.2 Å². The SMILES string of the molecule is C=C(/C=C\C=C\Cl)C[C@@H](C(=O)N(C)[C@H]1CC(C)N([C@@H](COCc2noc(=O)[nH]2)C(=O)N(C)[C@@H](CC(C)C)C(=O)NC(CC(=O)N(C)CC(=O)N(C)[C@@H](CC(C)C)C(=O)N[C@H](C(=O)N(C)[C@@H](CC(C)C)C(=O)NC)C(C)CC)C(=O)N2CCCCC2)C1=O)N(C)C(=O)CN(CCCC)C(=O)CC(C)O. The van der Waals surface area contributed by atoms with Crippen LogP contribution in [0.1, 0.15) is 165 Å². The van der Waals surface area contributed by atoms with E-state index < -0.39 is 164 Å². The molecule has 11 atom stereocenters. The molecule has 1 aromatic heterocycles. The second-order valence-corrected chi connectivity index (χ2v) is 29.1. The molecule has 580 valence electrons. The molecule has 31 heteroatoms. The average Bonchev–Trinajstić information content (AvgIpc) is 1.65. The number of aromatic nitrogens is 2. The van der Waals surface area contributed by atoms with E-state index in [1.54, 1.807) is 37.8 Å². The van der Waals surface area contributed by atoms with Crippen molar-refractivity contribution >= 4 is 82.5 Å². The molecule has 1 aromatic rings. The number of likely N-dealkylation sites (tertiary alicyclic amines) is 2. The standard InChI is InChI=1S/C72H119ClN14O16/c1-20-22-30-86(60(90)38-50(12)88)41-62(92)81(16)55(36-47(9)28-24-25-29-73)68(97)84(19)56-37-49(11)87(70(56)99)57(42-102-43-58-76-72(101)103-78-58)69(98)82(17)54(35-46(7)8)65(94)75-51(67(96)85-31-26-23-27-32-85)39-59(89)79(14)40-61(91)80(15)53(34-45(5)6)66(95)77-63(48(10)21-2)71(100)83(18)52(33-44(3)4)64(93)74-13/h24-25,28-29,44-46,48-57,63,88H,9,20-23,26-27,30-43H2,1-8,10-19H3,(H,74,93)(H,75,94)(H,77,95)(H,76,78,101)/b28-24-,29-25+/t48?,49?,50?,51?,52-,53-,54-,55-,56-,57-,63-/m0/s1. The van der Waals surface area contributed by atoms with Gasteiger partial charge in [-0.25, -0.2) is 4.79 Å². The number of allylic oxidation sites excluding steroid dienone is 3. The molecule has 0 radical (unpaired) electrons. The predicted octanol–water partition coefficient (Wildman–Crippen LogP) is 3.42. The van der Waals surface area contributed by atoms with Crippen LogP contribution in [-0.4, -0.2) is 279 Å². The fraction of sp³-hybridized carbons (Fsp3) is 0.722. The molecule has 5 N–H and O–H groups in total. The van der Waals surface area contributed by atoms with Crippen molar-refractivity contribution in [2.24, 2.45) is 23.7 Å². The lowest BCUT2D eigenvalue weighted by molar-refractivity contribution is -0.154. The number of carbonyl (C=O) groups is 12. The summed E-state index contributed by atoms with van der Waals surface area (Å²) in [6.07, 6.45) is 7.12. The molecule has 30 nitrogen and oxygen atoms in total. The van der Waals surface area contributed by atoms with Crippen LogP contribution in [0, 0.1) is 23.7 Å². The Hall–Kier alpha value is -7.99. The molecule has 12 amide bonds. The number of nitrogens with zero attached hydrogens (tertiary/aromatic N) is 10. The van der Waals surface area contributed by atoms with Gasteiger partial charge >= 0.3 is 5.76 Å². The summed E-state index contributed by atoms with van der Waals surface area (Å²) in [5, 5.41) is 22.1. The number of rotatable bonds is 42. The Kier molecular flexibility index (Phi) is 37.5. The van der Waals surface area contributed by atoms with Crippen molar-refractivity contribution < 1.29 is 71.9 Å². The zero-order chi connectivity index (χ0) is 77.9. The molecule has 3 heterocycles. The number of hydrogen-bond donors (Lipinski definition) is 5. The summed E-state index contributed by atoms with van der Waals surface area (Å²) >= 11 is 5.77. The monoisotopic (exact) mass is 1470 g/mol. The molecule has 0 saturated carbocycles. The number of nitrogens with one attached hydrogen (secondary N) is 4. The molecule has 103 heavy (non-hydrogen) atoms. The molecule has 0 spiro atoms. The van der Waals surface area contributed by atoms with Crippen LogP contribution < -0.4 is 21.7 Å². The van der Waals surface area contributed by atoms with Crippen LogP contribution in [0.3, 0.4) is 0 Å². The minimum atomic E-state index is -1.54. The first-order chi connectivity index (χ1) is 48.4. The fourth-order valence-electron chi connectivity index (χ4n) is 12.6. The van der Waals surface area contributed by atoms with Gasteiger partial charge in [0, 0.05) is 87.0 Å². The smallest absolute Gasteiger partial charge is 0.393 e. The number of aromatic amines is 1. The topological polar surface area (TPSA) is 358 Å². The molecule has 0 aromatic carbocycles. The molecule has 3 rings (SSSR count). The van der Waals surface area contributed by atoms with Crippen LogP contribution in [0.5, 0.6) is 0 Å². The number of amides is 12. The molecule has 2 aliphatic heterocycles. The van der Waals surface area contributed by atoms with Crippen LogP contribution in [-0.2, 0) is 68.9 Å². The second-order valence-electron chi connectivity index (χ2n) is 28.9. The average molecular weight is 1470 g/mol. The van der Waals surface area contributed by atoms with E-state index in [-0.39, 0.29) is 74.1 Å². The number of H-pyrrole nitrogens is 1. The summed E-state index contributed by atoms with van der Waals surface area (Å²) in [5.74, 6) is -9.19. The van der Waals surface area contributed by atoms with Crippen LogP contribution in [0.25, 0.3) is 0 Å². The summed E-state index contributed by atoms with van der Waals surface area (Å²) in [6.45, 7) is 23.0. The highest BCUT2D eigenvalue weighted by atomic mass is 35.5. The third-order valence-electron chi connectivity index (χ3n) is 19.0. The van der Waals surface area contributed by atoms with Gasteiger partial charge in [0.2, 0.25) is 70.9 Å². The van der Waals surface area contributed by atoms with Gasteiger partial charge in [-0.1, -0.05) is 122 Å². The number of carbonyl (C=O) groups excluding carboxylic acids is 12. The van der Waals surface area contributed by atoms with E-state index in [4.69, 9.17) is 16.3 Å². The van der Waals surface area contributed by atoms with E-state index in [0.29, 0.717) is 57.2 Å². The Morgan fingerprint density at radius 1 is 0.709 bits per heavy atom. The van der Waals surface area contributed by atoms with E-state index in [9.17, 15) is 48.3 Å². The lowest BCUT2D eigenvalue weighted by atomic mass is 9.94. The Bertz CT molecular complexity index is 3160. The Balaban J connectivity index is 2.05. The third-order valence-corrected chi connectivity index (χ3v) is 19.2. The zero-order valence-electron chi connectivity index (χ0n) is 64.2. The number of aliphatic hydroxyl groups is 1. The van der Waals surface area contributed by atoms with Crippen molar-refractivity contribution in [1.29, 1.82) is 0 Å². The fourth-order valence-corrected chi connectivity index (χ4v) is 12.7. The molecular formula is C72H119ClN14O16. The molecule has 0 aliphatic carbocycles. The highest BCUT2D eigenvalue weighted by Crippen LogP contribution is 2.30. The van der Waals surface area contributed by atoms with Crippen LogP contribution in [0.2, 0.25) is 0 Å². The maximum Gasteiger partial charge on any atom is 0.438 e. The van der Waals surface area contributed by atoms with E-state index in [2.05, 4.69) is 37.2 Å². The van der Waals surface area contributed by atoms with Crippen LogP contribution in [0.4, 0.5) is 0 Å². The molecule has 0 bridgehead atoms. The predicted molar refractivity (Wildman–Crippen MR) is 388 cm³/mol. The van der Waals surface area contributed by atoms with Gasteiger partial charge in [0.05, 0.1) is 38.6 Å². The van der Waals surface area contributed by atoms with Crippen LogP contribution in [0.15, 0.2) is 45.2 Å². The lowest BCUT2D eigenvalue weighted by Gasteiger charge is -2.37. The van der Waals surface area contributed by atoms with Gasteiger partial charge in [-0.15, -0.1) is 0 Å². The van der Waals surface area contributed by atoms with Gasteiger partial charge in [0.15, 0.2) is 5.82 Å². The second kappa shape index (κ2) is 43.3. The van der Waals surface area contributed by atoms with Gasteiger partial charge in [0.1, 0.15) is 54.9 Å². The molecule has 2 saturated heterocycles. The van der Waals surface area contributed by atoms with Gasteiger partial charge in [-0.05, 0) is 88.9 Å². The van der Waals surface area contributed by atoms with Crippen molar-refractivity contribution in [3.63, 3.8) is 0 Å². The summed E-state index contributed by atoms with van der Waals surface area (Å²) in [4.78, 5) is 200. The van der Waals surface area contributed by atoms with Gasteiger partial charge < -0.3 is 69.9 Å². The highest BCUT2D eigenvalue weighted by molar-refractivity contribution is 6.25. The maximum absolute atomic E-state index is 15.5. The maximum atomic E-state index is 15.5. The van der Waals surface area contributed by atoms with Crippen molar-refractivity contribution in [3.8, 4) is 0 Å². The van der Waals surface area contributed by atoms with Crippen molar-refractivity contribution in [2.75, 3.05) is 88.7 Å². The first-order valence-electron chi connectivity index (χ1n) is 36.1. The quantitative estimate of drug-likeness (QED) is 0.0586. The van der Waals surface area contributed by atoms with Crippen molar-refractivity contribution in [3.05, 3.63) is 52.3 Å². The number of likely N-dealkylation sites (N-methyl/N-ethyl adjacent to an activating group) is 7. The van der Waals surface area contributed by atoms with Gasteiger partial charge in [-0.3, -0.25) is 67.0 Å². The number of hydrogen-bond acceptors (Lipinski definition) is 17. The number of aliphatic hydroxyl groups excluding tert-OH is 1. The largest absolute Gasteiger partial charge is 0.438 e. The third kappa shape index (κ3) is 26.9. The number of ether oxygens (including phenoxy) is 1. The number of halogens is 1. The molecule has 4 unspecified atom stereocenters. The van der Waals surface area contributed by atoms with Crippen molar-refractivity contribution in [2.45, 2.75) is 227 Å². The Morgan fingerprint density at radius 2 is 1.26 bits per heavy atom. The Morgan fingerprint density at radius 3 is 1.80 bits per heavy atom. The normalized spacial score (nSPS) is 17.4.